The van der Waals surface area contributed by atoms with Crippen LogP contribution < -0.4 is 16.4 Å². The van der Waals surface area contributed by atoms with Gasteiger partial charge in [-0.15, -0.1) is 11.3 Å². The van der Waals surface area contributed by atoms with E-state index >= 15 is 0 Å². The van der Waals surface area contributed by atoms with Crippen LogP contribution in [-0.4, -0.2) is 57.8 Å². The Kier molecular flexibility index (Phi) is 6.40. The Morgan fingerprint density at radius 3 is 2.73 bits per heavy atom. The first-order valence-corrected chi connectivity index (χ1v) is 10.4. The van der Waals surface area contributed by atoms with Crippen molar-refractivity contribution < 1.29 is 18.7 Å². The molecule has 4 N–H and O–H groups in total. The Labute approximate surface area is 177 Å². The van der Waals surface area contributed by atoms with Gasteiger partial charge in [0.15, 0.2) is 5.13 Å². The maximum Gasteiger partial charge on any atom is 0.410 e. The lowest BCUT2D eigenvalue weighted by Gasteiger charge is -2.36. The van der Waals surface area contributed by atoms with Crippen molar-refractivity contribution in [3.8, 4) is 0 Å². The molecule has 162 valence electrons. The van der Waals surface area contributed by atoms with E-state index in [2.05, 4.69) is 20.6 Å². The molecule has 1 aliphatic rings. The highest BCUT2D eigenvalue weighted by Gasteiger charge is 2.34. The molecule has 1 fully saturated rings. The topological polar surface area (TPSA) is 122 Å². The van der Waals surface area contributed by atoms with Crippen LogP contribution in [0.3, 0.4) is 0 Å². The Balaban J connectivity index is 1.70. The van der Waals surface area contributed by atoms with Gasteiger partial charge in [-0.3, -0.25) is 4.79 Å². The maximum atomic E-state index is 14.8. The number of thiazole rings is 1. The third kappa shape index (κ3) is 5.56. The van der Waals surface area contributed by atoms with Gasteiger partial charge < -0.3 is 26.0 Å². The smallest absolute Gasteiger partial charge is 0.410 e. The molecule has 2 atom stereocenters. The zero-order valence-corrected chi connectivity index (χ0v) is 17.8. The van der Waals surface area contributed by atoms with E-state index in [-0.39, 0.29) is 12.1 Å². The van der Waals surface area contributed by atoms with E-state index in [0.29, 0.717) is 29.6 Å². The summed E-state index contributed by atoms with van der Waals surface area (Å²) in [5, 5.41) is 8.52. The summed E-state index contributed by atoms with van der Waals surface area (Å²) in [5.74, 6) is -0.230. The second-order valence-corrected chi connectivity index (χ2v) is 8.82. The second-order valence-electron chi connectivity index (χ2n) is 7.92. The van der Waals surface area contributed by atoms with Crippen molar-refractivity contribution >= 4 is 40.0 Å². The number of carbonyl (C=O) groups is 2. The quantitative estimate of drug-likeness (QED) is 0.658. The molecule has 0 unspecified atom stereocenters. The molecule has 0 aliphatic carbocycles. The summed E-state index contributed by atoms with van der Waals surface area (Å²) < 4.78 is 20.2. The summed E-state index contributed by atoms with van der Waals surface area (Å²) in [6.45, 7) is 5.51. The number of hydrogen-bond acceptors (Lipinski definition) is 8. The third-order valence-corrected chi connectivity index (χ3v) is 5.06. The molecule has 0 aromatic carbocycles. The highest BCUT2D eigenvalue weighted by atomic mass is 32.1. The first-order chi connectivity index (χ1) is 14.1. The normalized spacial score (nSPS) is 19.3. The van der Waals surface area contributed by atoms with Gasteiger partial charge in [0, 0.05) is 30.4 Å². The molecule has 1 aliphatic heterocycles. The van der Waals surface area contributed by atoms with Crippen LogP contribution in [0.15, 0.2) is 23.8 Å². The van der Waals surface area contributed by atoms with E-state index in [4.69, 9.17) is 10.5 Å². The number of nitrogens with zero attached hydrogens (tertiary/aromatic N) is 3. The fourth-order valence-corrected chi connectivity index (χ4v) is 3.53. The van der Waals surface area contributed by atoms with Gasteiger partial charge in [0.1, 0.15) is 17.6 Å². The molecule has 2 amide bonds. The Morgan fingerprint density at radius 1 is 1.37 bits per heavy atom. The van der Waals surface area contributed by atoms with Crippen LogP contribution in [0.4, 0.5) is 25.8 Å². The van der Waals surface area contributed by atoms with Gasteiger partial charge in [-0.05, 0) is 27.2 Å². The maximum absolute atomic E-state index is 14.8. The van der Waals surface area contributed by atoms with E-state index in [1.165, 1.54) is 22.4 Å². The van der Waals surface area contributed by atoms with Crippen molar-refractivity contribution in [3.63, 3.8) is 0 Å². The predicted molar refractivity (Wildman–Crippen MR) is 113 cm³/mol. The molecular weight excluding hydrogens is 411 g/mol. The number of pyridine rings is 1. The van der Waals surface area contributed by atoms with Gasteiger partial charge in [0.2, 0.25) is 0 Å². The van der Waals surface area contributed by atoms with Crippen LogP contribution in [0.1, 0.15) is 37.6 Å². The monoisotopic (exact) mass is 436 g/mol. The molecule has 0 spiro atoms. The average Bonchev–Trinajstić information content (AvgIpc) is 3.15. The van der Waals surface area contributed by atoms with Crippen LogP contribution >= 0.6 is 11.3 Å². The van der Waals surface area contributed by atoms with Crippen molar-refractivity contribution in [2.24, 2.45) is 5.73 Å². The number of primary amides is 1. The lowest BCUT2D eigenvalue weighted by atomic mass is 10.0. The van der Waals surface area contributed by atoms with Crippen LogP contribution in [-0.2, 0) is 4.74 Å². The van der Waals surface area contributed by atoms with E-state index in [9.17, 15) is 14.0 Å². The standard InChI is InChI=1S/C19H25FN6O3S/c1-19(2,3)29-18(28)26-6-4-13(12(20)10-26)24-14-8-15(23-9-11(14)16(21)27)25-17-22-5-7-30-17/h5,7-9,12-13H,4,6,10H2,1-3H3,(H2,21,27)(H2,22,23,24,25)/t12-,13+/m0/s1. The minimum absolute atomic E-state index is 0.103. The molecule has 1 saturated heterocycles. The van der Waals surface area contributed by atoms with Gasteiger partial charge in [-0.2, -0.15) is 0 Å². The van der Waals surface area contributed by atoms with Crippen molar-refractivity contribution in [1.29, 1.82) is 0 Å². The molecule has 0 saturated carbocycles. The highest BCUT2D eigenvalue weighted by molar-refractivity contribution is 7.13. The Hall–Kier alpha value is -2.95. The minimum atomic E-state index is -1.35. The largest absolute Gasteiger partial charge is 0.444 e. The fourth-order valence-electron chi connectivity index (χ4n) is 2.99. The number of piperidine rings is 1. The van der Waals surface area contributed by atoms with Crippen molar-refractivity contribution in [2.75, 3.05) is 23.7 Å². The van der Waals surface area contributed by atoms with Gasteiger partial charge in [0.05, 0.1) is 23.8 Å². The Bertz CT molecular complexity index is 902. The summed E-state index contributed by atoms with van der Waals surface area (Å²) >= 11 is 1.39. The second kappa shape index (κ2) is 8.82. The number of nitrogens with one attached hydrogen (secondary N) is 2. The highest BCUT2D eigenvalue weighted by Crippen LogP contribution is 2.26. The predicted octanol–water partition coefficient (Wildman–Crippen LogP) is 3.14. The summed E-state index contributed by atoms with van der Waals surface area (Å²) in [6, 6.07) is 0.992. The van der Waals surface area contributed by atoms with Crippen LogP contribution in [0, 0.1) is 0 Å². The van der Waals surface area contributed by atoms with Gasteiger partial charge in [-0.1, -0.05) is 0 Å². The molecule has 3 rings (SSSR count). The number of likely N-dealkylation sites (tertiary alicyclic amines) is 1. The van der Waals surface area contributed by atoms with E-state index < -0.39 is 29.8 Å². The van der Waals surface area contributed by atoms with Gasteiger partial charge >= 0.3 is 6.09 Å². The number of rotatable bonds is 5. The van der Waals surface area contributed by atoms with Gasteiger partial charge in [0.25, 0.3) is 5.91 Å². The summed E-state index contributed by atoms with van der Waals surface area (Å²) in [4.78, 5) is 33.6. The van der Waals surface area contributed by atoms with E-state index in [0.717, 1.165) is 0 Å². The SMILES string of the molecule is CC(C)(C)OC(=O)N1CC[C@@H](Nc2cc(Nc3nccs3)ncc2C(N)=O)[C@@H](F)C1. The fraction of sp³-hybridized carbons (Fsp3) is 0.474. The summed E-state index contributed by atoms with van der Waals surface area (Å²) in [6.07, 6.45) is 1.44. The molecule has 11 heteroatoms. The number of carbonyl (C=O) groups excluding carboxylic acids is 2. The molecular formula is C19H25FN6O3S. The molecule has 30 heavy (non-hydrogen) atoms. The van der Waals surface area contributed by atoms with Crippen molar-refractivity contribution in [1.82, 2.24) is 14.9 Å². The lowest BCUT2D eigenvalue weighted by Crippen LogP contribution is -2.51. The Morgan fingerprint density at radius 2 is 2.13 bits per heavy atom. The number of alkyl halides is 1. The van der Waals surface area contributed by atoms with Crippen LogP contribution in [0.2, 0.25) is 0 Å². The molecule has 0 bridgehead atoms. The lowest BCUT2D eigenvalue weighted by molar-refractivity contribution is 0.0125. The number of anilines is 3. The van der Waals surface area contributed by atoms with E-state index in [1.807, 2.05) is 5.38 Å². The average molecular weight is 437 g/mol. The van der Waals surface area contributed by atoms with Crippen LogP contribution in [0.5, 0.6) is 0 Å². The van der Waals surface area contributed by atoms with E-state index in [1.54, 1.807) is 33.0 Å². The zero-order valence-electron chi connectivity index (χ0n) is 17.0. The van der Waals surface area contributed by atoms with Crippen molar-refractivity contribution in [2.45, 2.75) is 45.0 Å². The summed E-state index contributed by atoms with van der Waals surface area (Å²) in [5.41, 5.74) is 5.33. The molecule has 3 heterocycles. The number of amides is 2. The minimum Gasteiger partial charge on any atom is -0.444 e. The number of hydrogen-bond donors (Lipinski definition) is 3. The molecule has 0 radical (unpaired) electrons. The first-order valence-electron chi connectivity index (χ1n) is 9.47. The zero-order chi connectivity index (χ0) is 21.9. The molecule has 9 nitrogen and oxygen atoms in total. The number of nitrogens with two attached hydrogens (primary N) is 1. The van der Waals surface area contributed by atoms with Crippen LogP contribution in [0.25, 0.3) is 0 Å². The third-order valence-electron chi connectivity index (χ3n) is 4.37. The molecule has 2 aromatic rings. The number of ether oxygens (including phenoxy) is 1. The number of halogens is 1. The number of aromatic nitrogens is 2. The van der Waals surface area contributed by atoms with Crippen molar-refractivity contribution in [3.05, 3.63) is 29.4 Å². The summed E-state index contributed by atoms with van der Waals surface area (Å²) in [7, 11) is 0. The molecule has 2 aromatic heterocycles. The first kappa shape index (κ1) is 21.8. The van der Waals surface area contributed by atoms with Gasteiger partial charge in [-0.25, -0.2) is 19.2 Å².